The molecule has 0 saturated carbocycles. The standard InChI is InChI=1S/C12H15N3O4S/c1-7(11(16)17)19-10-8(6-14-15-12(13)20)4-3-5-9(10)18-2/h3-7H,1-2H3,(H,16,17)(H3,13,15,20)/b14-6-/t7-/m0/s1. The maximum atomic E-state index is 10.9. The Labute approximate surface area is 121 Å². The summed E-state index contributed by atoms with van der Waals surface area (Å²) in [5.74, 6) is -0.407. The third kappa shape index (κ3) is 4.39. The molecular weight excluding hydrogens is 282 g/mol. The summed E-state index contributed by atoms with van der Waals surface area (Å²) in [4.78, 5) is 10.9. The zero-order chi connectivity index (χ0) is 15.1. The summed E-state index contributed by atoms with van der Waals surface area (Å²) in [5.41, 5.74) is 8.17. The highest BCUT2D eigenvalue weighted by atomic mass is 32.1. The van der Waals surface area contributed by atoms with E-state index in [0.29, 0.717) is 11.3 Å². The minimum absolute atomic E-state index is 0.0190. The molecule has 0 amide bonds. The van der Waals surface area contributed by atoms with Crippen LogP contribution in [0.25, 0.3) is 0 Å². The molecule has 0 aliphatic rings. The first-order valence-electron chi connectivity index (χ1n) is 5.60. The molecule has 0 spiro atoms. The predicted molar refractivity (Wildman–Crippen MR) is 78.2 cm³/mol. The van der Waals surface area contributed by atoms with Crippen LogP contribution < -0.4 is 20.6 Å². The largest absolute Gasteiger partial charge is 0.493 e. The van der Waals surface area contributed by atoms with E-state index in [2.05, 4.69) is 22.7 Å². The lowest BCUT2D eigenvalue weighted by molar-refractivity contribution is -0.144. The molecular formula is C12H15N3O4S. The van der Waals surface area contributed by atoms with Crippen molar-refractivity contribution in [3.05, 3.63) is 23.8 Å². The first-order valence-corrected chi connectivity index (χ1v) is 6.01. The molecule has 0 unspecified atom stereocenters. The number of hydrazone groups is 1. The van der Waals surface area contributed by atoms with Gasteiger partial charge in [0.2, 0.25) is 0 Å². The van der Waals surface area contributed by atoms with E-state index >= 15 is 0 Å². The van der Waals surface area contributed by atoms with Crippen LogP contribution in [0, 0.1) is 0 Å². The topological polar surface area (TPSA) is 106 Å². The molecule has 0 radical (unpaired) electrons. The molecule has 4 N–H and O–H groups in total. The number of carboxylic acids is 1. The molecule has 0 aromatic heterocycles. The normalized spacial score (nSPS) is 11.9. The van der Waals surface area contributed by atoms with Gasteiger partial charge in [0.05, 0.1) is 13.3 Å². The van der Waals surface area contributed by atoms with E-state index in [9.17, 15) is 4.79 Å². The Morgan fingerprint density at radius 2 is 2.30 bits per heavy atom. The van der Waals surface area contributed by atoms with Gasteiger partial charge >= 0.3 is 5.97 Å². The second kappa shape index (κ2) is 7.29. The minimum Gasteiger partial charge on any atom is -0.493 e. The number of nitrogens with zero attached hydrogens (tertiary/aromatic N) is 1. The van der Waals surface area contributed by atoms with Crippen molar-refractivity contribution in [2.24, 2.45) is 10.8 Å². The lowest BCUT2D eigenvalue weighted by atomic mass is 10.2. The summed E-state index contributed by atoms with van der Waals surface area (Å²) in [6.07, 6.45) is 0.382. The molecule has 1 atom stereocenters. The van der Waals surface area contributed by atoms with E-state index in [4.69, 9.17) is 20.3 Å². The van der Waals surface area contributed by atoms with Gasteiger partial charge in [0.15, 0.2) is 22.7 Å². The highest BCUT2D eigenvalue weighted by molar-refractivity contribution is 7.80. The molecule has 20 heavy (non-hydrogen) atoms. The monoisotopic (exact) mass is 297 g/mol. The van der Waals surface area contributed by atoms with E-state index in [0.717, 1.165) is 0 Å². The van der Waals surface area contributed by atoms with Crippen molar-refractivity contribution in [3.8, 4) is 11.5 Å². The smallest absolute Gasteiger partial charge is 0.344 e. The fraction of sp³-hybridized carbons (Fsp3) is 0.250. The molecule has 108 valence electrons. The van der Waals surface area contributed by atoms with Crippen LogP contribution in [-0.2, 0) is 4.79 Å². The van der Waals surface area contributed by atoms with Crippen LogP contribution in [0.15, 0.2) is 23.3 Å². The minimum atomic E-state index is -1.08. The van der Waals surface area contributed by atoms with E-state index in [1.54, 1.807) is 18.2 Å². The van der Waals surface area contributed by atoms with E-state index in [1.165, 1.54) is 20.2 Å². The third-order valence-electron chi connectivity index (χ3n) is 2.25. The van der Waals surface area contributed by atoms with Crippen molar-refractivity contribution >= 4 is 29.5 Å². The zero-order valence-corrected chi connectivity index (χ0v) is 11.8. The van der Waals surface area contributed by atoms with Gasteiger partial charge < -0.3 is 20.3 Å². The van der Waals surface area contributed by atoms with Gasteiger partial charge in [-0.3, -0.25) is 5.43 Å². The Hall–Kier alpha value is -2.35. The summed E-state index contributed by atoms with van der Waals surface area (Å²) < 4.78 is 10.5. The number of ether oxygens (including phenoxy) is 2. The molecule has 1 aromatic rings. The van der Waals surface area contributed by atoms with Crippen LogP contribution in [0.4, 0.5) is 0 Å². The average molecular weight is 297 g/mol. The van der Waals surface area contributed by atoms with Crippen LogP contribution in [-0.4, -0.2) is 35.6 Å². The average Bonchev–Trinajstić information content (AvgIpc) is 2.39. The molecule has 1 aromatic carbocycles. The first kappa shape index (κ1) is 15.7. The lowest BCUT2D eigenvalue weighted by Gasteiger charge is -2.15. The Kier molecular flexibility index (Phi) is 5.73. The molecule has 0 fully saturated rings. The number of nitrogens with two attached hydrogens (primary N) is 1. The number of carboxylic acid groups (broad SMARTS) is 1. The Balaban J connectivity index is 3.06. The van der Waals surface area contributed by atoms with Crippen molar-refractivity contribution in [1.29, 1.82) is 0 Å². The number of hydrogen-bond acceptors (Lipinski definition) is 5. The van der Waals surface area contributed by atoms with Crippen molar-refractivity contribution < 1.29 is 19.4 Å². The van der Waals surface area contributed by atoms with Crippen LogP contribution in [0.1, 0.15) is 12.5 Å². The number of methoxy groups -OCH3 is 1. The second-order valence-corrected chi connectivity index (χ2v) is 4.15. The van der Waals surface area contributed by atoms with Crippen molar-refractivity contribution in [1.82, 2.24) is 5.43 Å². The van der Waals surface area contributed by atoms with Gasteiger partial charge in [0, 0.05) is 5.56 Å². The molecule has 1 rings (SSSR count). The number of carbonyl (C=O) groups is 1. The second-order valence-electron chi connectivity index (χ2n) is 3.71. The van der Waals surface area contributed by atoms with Crippen molar-refractivity contribution in [3.63, 3.8) is 0 Å². The summed E-state index contributed by atoms with van der Waals surface area (Å²) in [6.45, 7) is 1.42. The summed E-state index contributed by atoms with van der Waals surface area (Å²) in [7, 11) is 1.46. The van der Waals surface area contributed by atoms with E-state index in [1.807, 2.05) is 0 Å². The molecule has 0 aliphatic heterocycles. The van der Waals surface area contributed by atoms with Crippen LogP contribution in [0.5, 0.6) is 11.5 Å². The highest BCUT2D eigenvalue weighted by Gasteiger charge is 2.17. The predicted octanol–water partition coefficient (Wildman–Crippen LogP) is 0.714. The summed E-state index contributed by atoms with van der Waals surface area (Å²) >= 11 is 4.62. The number of nitrogens with one attached hydrogen (secondary N) is 1. The van der Waals surface area contributed by atoms with Gasteiger partial charge in [-0.15, -0.1) is 0 Å². The third-order valence-corrected chi connectivity index (χ3v) is 2.34. The Morgan fingerprint density at radius 1 is 1.60 bits per heavy atom. The molecule has 0 saturated heterocycles. The Bertz CT molecular complexity index is 533. The molecule has 7 nitrogen and oxygen atoms in total. The van der Waals surface area contributed by atoms with Gasteiger partial charge in [-0.25, -0.2) is 4.79 Å². The van der Waals surface area contributed by atoms with Gasteiger partial charge in [-0.2, -0.15) is 5.10 Å². The zero-order valence-electron chi connectivity index (χ0n) is 11.0. The number of hydrogen-bond donors (Lipinski definition) is 3. The molecule has 8 heteroatoms. The summed E-state index contributed by atoms with van der Waals surface area (Å²) in [6, 6.07) is 5.07. The lowest BCUT2D eigenvalue weighted by Crippen LogP contribution is -2.25. The molecule has 0 heterocycles. The number of para-hydroxylation sites is 1. The van der Waals surface area contributed by atoms with E-state index < -0.39 is 12.1 Å². The van der Waals surface area contributed by atoms with Crippen LogP contribution in [0.3, 0.4) is 0 Å². The fourth-order valence-corrected chi connectivity index (χ4v) is 1.37. The maximum absolute atomic E-state index is 10.9. The van der Waals surface area contributed by atoms with Gasteiger partial charge in [0.25, 0.3) is 0 Å². The summed E-state index contributed by atoms with van der Waals surface area (Å²) in [5, 5.41) is 12.7. The SMILES string of the molecule is COc1cccc(/C=N\NC(N)=S)c1O[C@@H](C)C(=O)O. The quantitative estimate of drug-likeness (QED) is 0.403. The van der Waals surface area contributed by atoms with Crippen molar-refractivity contribution in [2.45, 2.75) is 13.0 Å². The van der Waals surface area contributed by atoms with Crippen LogP contribution in [0.2, 0.25) is 0 Å². The number of thiocarbonyl (C=S) groups is 1. The van der Waals surface area contributed by atoms with Gasteiger partial charge in [0.1, 0.15) is 0 Å². The number of aliphatic carboxylic acids is 1. The maximum Gasteiger partial charge on any atom is 0.344 e. The number of benzene rings is 1. The van der Waals surface area contributed by atoms with Crippen LogP contribution >= 0.6 is 12.2 Å². The highest BCUT2D eigenvalue weighted by Crippen LogP contribution is 2.30. The first-order chi connectivity index (χ1) is 9.45. The Morgan fingerprint density at radius 3 is 2.85 bits per heavy atom. The molecule has 0 bridgehead atoms. The van der Waals surface area contributed by atoms with Gasteiger partial charge in [-0.05, 0) is 31.3 Å². The molecule has 0 aliphatic carbocycles. The number of rotatable bonds is 6. The fourth-order valence-electron chi connectivity index (χ4n) is 1.31. The van der Waals surface area contributed by atoms with Gasteiger partial charge in [-0.1, -0.05) is 6.07 Å². The van der Waals surface area contributed by atoms with Crippen molar-refractivity contribution in [2.75, 3.05) is 7.11 Å². The van der Waals surface area contributed by atoms with E-state index in [-0.39, 0.29) is 10.9 Å².